The summed E-state index contributed by atoms with van der Waals surface area (Å²) in [6.45, 7) is 2.21. The van der Waals surface area contributed by atoms with Gasteiger partial charge in [0, 0.05) is 18.4 Å². The molecule has 0 aliphatic heterocycles. The highest BCUT2D eigenvalue weighted by Gasteiger charge is 2.10. The first kappa shape index (κ1) is 15.1. The van der Waals surface area contributed by atoms with Crippen LogP contribution in [0.1, 0.15) is 21.7 Å². The van der Waals surface area contributed by atoms with Gasteiger partial charge in [0.2, 0.25) is 0 Å². The SMILES string of the molecule is CNC(=O)c1cc(NCc2nc(C)ccc2O)ccc1Cl. The van der Waals surface area contributed by atoms with Crippen LogP contribution in [0.3, 0.4) is 0 Å². The monoisotopic (exact) mass is 305 g/mol. The van der Waals surface area contributed by atoms with Crippen molar-refractivity contribution in [1.29, 1.82) is 0 Å². The Kier molecular flexibility index (Phi) is 4.65. The number of anilines is 1. The predicted octanol–water partition coefficient (Wildman–Crippen LogP) is 2.72. The Hall–Kier alpha value is -2.27. The number of amides is 1. The molecule has 6 heteroatoms. The lowest BCUT2D eigenvalue weighted by Gasteiger charge is -2.10. The number of aromatic hydroxyl groups is 1. The maximum absolute atomic E-state index is 11.7. The van der Waals surface area contributed by atoms with Gasteiger partial charge in [0.25, 0.3) is 5.91 Å². The van der Waals surface area contributed by atoms with Crippen LogP contribution >= 0.6 is 11.6 Å². The zero-order valence-corrected chi connectivity index (χ0v) is 12.5. The lowest BCUT2D eigenvalue weighted by atomic mass is 10.2. The lowest BCUT2D eigenvalue weighted by molar-refractivity contribution is 0.0963. The number of nitrogens with zero attached hydrogens (tertiary/aromatic N) is 1. The molecule has 0 aliphatic carbocycles. The summed E-state index contributed by atoms with van der Waals surface area (Å²) in [6, 6.07) is 8.43. The third kappa shape index (κ3) is 3.64. The molecule has 0 bridgehead atoms. The molecular formula is C15H16ClN3O2. The van der Waals surface area contributed by atoms with Crippen LogP contribution in [0.4, 0.5) is 5.69 Å². The first-order valence-corrected chi connectivity index (χ1v) is 6.80. The molecule has 1 aromatic heterocycles. The summed E-state index contributed by atoms with van der Waals surface area (Å²) in [5.74, 6) is -0.117. The maximum Gasteiger partial charge on any atom is 0.252 e. The smallest absolute Gasteiger partial charge is 0.252 e. The van der Waals surface area contributed by atoms with Gasteiger partial charge in [-0.2, -0.15) is 0 Å². The number of carbonyl (C=O) groups excluding carboxylic acids is 1. The Morgan fingerprint density at radius 2 is 2.10 bits per heavy atom. The van der Waals surface area contributed by atoms with Crippen LogP contribution in [-0.2, 0) is 6.54 Å². The minimum Gasteiger partial charge on any atom is -0.506 e. The number of pyridine rings is 1. The van der Waals surface area contributed by atoms with Crippen molar-refractivity contribution in [2.75, 3.05) is 12.4 Å². The Morgan fingerprint density at radius 1 is 1.33 bits per heavy atom. The van der Waals surface area contributed by atoms with E-state index in [9.17, 15) is 9.90 Å². The number of hydrogen-bond donors (Lipinski definition) is 3. The molecule has 0 fully saturated rings. The van der Waals surface area contributed by atoms with E-state index in [1.165, 1.54) is 0 Å². The summed E-state index contributed by atoms with van der Waals surface area (Å²) in [5.41, 5.74) is 2.49. The molecular weight excluding hydrogens is 290 g/mol. The highest BCUT2D eigenvalue weighted by molar-refractivity contribution is 6.34. The highest BCUT2D eigenvalue weighted by Crippen LogP contribution is 2.22. The summed E-state index contributed by atoms with van der Waals surface area (Å²) in [6.07, 6.45) is 0. The molecule has 2 aromatic rings. The van der Waals surface area contributed by atoms with Crippen LogP contribution in [0.25, 0.3) is 0 Å². The molecule has 21 heavy (non-hydrogen) atoms. The van der Waals surface area contributed by atoms with Gasteiger partial charge in [0.05, 0.1) is 17.1 Å². The molecule has 2 rings (SSSR count). The zero-order valence-electron chi connectivity index (χ0n) is 11.8. The van der Waals surface area contributed by atoms with E-state index in [0.717, 1.165) is 11.4 Å². The van der Waals surface area contributed by atoms with Crippen LogP contribution in [0.5, 0.6) is 5.75 Å². The molecule has 0 saturated heterocycles. The van der Waals surface area contributed by atoms with Crippen LogP contribution < -0.4 is 10.6 Å². The summed E-state index contributed by atoms with van der Waals surface area (Å²) in [5, 5.41) is 15.8. The topological polar surface area (TPSA) is 74.2 Å². The van der Waals surface area contributed by atoms with E-state index >= 15 is 0 Å². The van der Waals surface area contributed by atoms with Crippen molar-refractivity contribution in [3.05, 3.63) is 52.3 Å². The number of hydrogen-bond acceptors (Lipinski definition) is 4. The number of nitrogens with one attached hydrogen (secondary N) is 2. The van der Waals surface area contributed by atoms with E-state index in [4.69, 9.17) is 11.6 Å². The fourth-order valence-corrected chi connectivity index (χ4v) is 2.07. The molecule has 1 heterocycles. The third-order valence-corrected chi connectivity index (χ3v) is 3.32. The van der Waals surface area contributed by atoms with Crippen LogP contribution in [0, 0.1) is 6.92 Å². The minimum absolute atomic E-state index is 0.133. The minimum atomic E-state index is -0.250. The highest BCUT2D eigenvalue weighted by atomic mass is 35.5. The van der Waals surface area contributed by atoms with E-state index in [0.29, 0.717) is 22.8 Å². The fraction of sp³-hybridized carbons (Fsp3) is 0.200. The van der Waals surface area contributed by atoms with Gasteiger partial charge >= 0.3 is 0 Å². The Balaban J connectivity index is 2.17. The average Bonchev–Trinajstić information content (AvgIpc) is 2.48. The van der Waals surface area contributed by atoms with Crippen molar-refractivity contribution in [2.24, 2.45) is 0 Å². The number of aryl methyl sites for hydroxylation is 1. The fourth-order valence-electron chi connectivity index (χ4n) is 1.86. The van der Waals surface area contributed by atoms with E-state index in [-0.39, 0.29) is 11.7 Å². The van der Waals surface area contributed by atoms with Gasteiger partial charge in [-0.1, -0.05) is 11.6 Å². The van der Waals surface area contributed by atoms with Gasteiger partial charge in [0.15, 0.2) is 0 Å². The summed E-state index contributed by atoms with van der Waals surface area (Å²) < 4.78 is 0. The summed E-state index contributed by atoms with van der Waals surface area (Å²) >= 11 is 5.99. The number of halogens is 1. The van der Waals surface area contributed by atoms with Crippen LogP contribution in [0.2, 0.25) is 5.02 Å². The molecule has 0 saturated carbocycles. The Labute approximate surface area is 128 Å². The first-order valence-electron chi connectivity index (χ1n) is 6.42. The van der Waals surface area contributed by atoms with Crippen molar-refractivity contribution < 1.29 is 9.90 Å². The maximum atomic E-state index is 11.7. The third-order valence-electron chi connectivity index (χ3n) is 2.99. The van der Waals surface area contributed by atoms with Crippen molar-refractivity contribution in [3.63, 3.8) is 0 Å². The molecule has 1 amide bonds. The van der Waals surface area contributed by atoms with E-state index in [1.54, 1.807) is 37.4 Å². The van der Waals surface area contributed by atoms with Crippen molar-refractivity contribution in [1.82, 2.24) is 10.3 Å². The largest absolute Gasteiger partial charge is 0.506 e. The van der Waals surface area contributed by atoms with Crippen molar-refractivity contribution >= 4 is 23.2 Å². The molecule has 5 nitrogen and oxygen atoms in total. The number of aromatic nitrogens is 1. The standard InChI is InChI=1S/C15H16ClN3O2/c1-9-3-6-14(20)13(19-9)8-18-10-4-5-12(16)11(7-10)15(21)17-2/h3-7,18,20H,8H2,1-2H3,(H,17,21). The normalized spacial score (nSPS) is 10.2. The van der Waals surface area contributed by atoms with E-state index in [1.807, 2.05) is 6.92 Å². The summed E-state index contributed by atoms with van der Waals surface area (Å²) in [7, 11) is 1.55. The Morgan fingerprint density at radius 3 is 2.81 bits per heavy atom. The van der Waals surface area contributed by atoms with Gasteiger partial charge in [-0.25, -0.2) is 0 Å². The van der Waals surface area contributed by atoms with Gasteiger partial charge in [-0.15, -0.1) is 0 Å². The van der Waals surface area contributed by atoms with E-state index in [2.05, 4.69) is 15.6 Å². The molecule has 0 atom stereocenters. The zero-order chi connectivity index (χ0) is 15.4. The molecule has 110 valence electrons. The van der Waals surface area contributed by atoms with Gasteiger partial charge in [0.1, 0.15) is 11.4 Å². The predicted molar refractivity (Wildman–Crippen MR) is 82.8 cm³/mol. The Bertz CT molecular complexity index is 674. The van der Waals surface area contributed by atoms with Gasteiger partial charge in [-0.3, -0.25) is 9.78 Å². The average molecular weight is 306 g/mol. The molecule has 0 radical (unpaired) electrons. The lowest BCUT2D eigenvalue weighted by Crippen LogP contribution is -2.18. The number of carbonyl (C=O) groups is 1. The number of benzene rings is 1. The van der Waals surface area contributed by atoms with Crippen LogP contribution in [0.15, 0.2) is 30.3 Å². The number of rotatable bonds is 4. The molecule has 0 unspecified atom stereocenters. The van der Waals surface area contributed by atoms with Gasteiger partial charge in [-0.05, 0) is 37.3 Å². The second-order valence-electron chi connectivity index (χ2n) is 4.55. The van der Waals surface area contributed by atoms with Crippen molar-refractivity contribution in [2.45, 2.75) is 13.5 Å². The molecule has 3 N–H and O–H groups in total. The molecule has 0 aliphatic rings. The first-order chi connectivity index (χ1) is 10.0. The second-order valence-corrected chi connectivity index (χ2v) is 4.95. The molecule has 0 spiro atoms. The summed E-state index contributed by atoms with van der Waals surface area (Å²) in [4.78, 5) is 15.9. The van der Waals surface area contributed by atoms with E-state index < -0.39 is 0 Å². The van der Waals surface area contributed by atoms with Crippen molar-refractivity contribution in [3.8, 4) is 5.75 Å². The second kappa shape index (κ2) is 6.45. The quantitative estimate of drug-likeness (QED) is 0.812. The van der Waals surface area contributed by atoms with Gasteiger partial charge < -0.3 is 15.7 Å². The molecule has 1 aromatic carbocycles. The van der Waals surface area contributed by atoms with Crippen LogP contribution in [-0.4, -0.2) is 23.0 Å².